The van der Waals surface area contributed by atoms with Crippen LogP contribution in [-0.2, 0) is 14.3 Å². The number of primary amides is 1. The lowest BCUT2D eigenvalue weighted by Crippen LogP contribution is -2.38. The Hall–Kier alpha value is -1.10. The van der Waals surface area contributed by atoms with Crippen LogP contribution in [0.1, 0.15) is 27.2 Å². The van der Waals surface area contributed by atoms with Crippen LogP contribution >= 0.6 is 0 Å². The molecule has 0 bridgehead atoms. The van der Waals surface area contributed by atoms with Crippen molar-refractivity contribution in [1.82, 2.24) is 4.90 Å². The van der Waals surface area contributed by atoms with Crippen LogP contribution in [0.2, 0.25) is 0 Å². The fourth-order valence-electron chi connectivity index (χ4n) is 1.88. The molecule has 0 aromatic rings. The number of rotatable bonds is 4. The molecule has 16 heavy (non-hydrogen) atoms. The van der Waals surface area contributed by atoms with E-state index in [0.717, 1.165) is 0 Å². The van der Waals surface area contributed by atoms with Crippen LogP contribution in [-0.4, -0.2) is 42.5 Å². The predicted octanol–water partition coefficient (Wildman–Crippen LogP) is 0.135. The van der Waals surface area contributed by atoms with E-state index >= 15 is 0 Å². The number of nitrogens with zero attached hydrogens (tertiary/aromatic N) is 1. The lowest BCUT2D eigenvalue weighted by atomic mass is 9.89. The first-order valence-corrected chi connectivity index (χ1v) is 5.55. The van der Waals surface area contributed by atoms with Crippen LogP contribution in [0.25, 0.3) is 0 Å². The number of hydrogen-bond acceptors (Lipinski definition) is 4. The summed E-state index contributed by atoms with van der Waals surface area (Å²) in [6.07, 6.45) is 0.606. The Kier molecular flexibility index (Phi) is 3.91. The minimum absolute atomic E-state index is 0.0994. The first-order chi connectivity index (χ1) is 7.33. The average Bonchev–Trinajstić information content (AvgIpc) is 2.47. The summed E-state index contributed by atoms with van der Waals surface area (Å²) >= 11 is 0. The topological polar surface area (TPSA) is 72.6 Å². The van der Waals surface area contributed by atoms with Crippen LogP contribution in [0, 0.1) is 5.41 Å². The van der Waals surface area contributed by atoms with E-state index in [1.165, 1.54) is 0 Å². The van der Waals surface area contributed by atoms with E-state index in [-0.39, 0.29) is 24.5 Å². The molecule has 0 radical (unpaired) electrons. The molecule has 0 aliphatic carbocycles. The smallest absolute Gasteiger partial charge is 0.320 e. The van der Waals surface area contributed by atoms with Crippen molar-refractivity contribution in [2.75, 3.05) is 19.6 Å². The molecule has 0 spiro atoms. The molecular formula is C11H20N2O3. The zero-order valence-corrected chi connectivity index (χ0v) is 10.2. The first kappa shape index (κ1) is 13.0. The van der Waals surface area contributed by atoms with Gasteiger partial charge >= 0.3 is 5.97 Å². The van der Waals surface area contributed by atoms with Crippen molar-refractivity contribution >= 4 is 11.9 Å². The van der Waals surface area contributed by atoms with Gasteiger partial charge in [-0.2, -0.15) is 0 Å². The van der Waals surface area contributed by atoms with Crippen LogP contribution in [0.5, 0.6) is 0 Å². The Balaban J connectivity index is 2.43. The highest BCUT2D eigenvalue weighted by molar-refractivity contribution is 5.81. The number of hydrogen-bond donors (Lipinski definition) is 1. The standard InChI is InChI=1S/C11H20N2O3/c1-8(2)16-9(14)6-13-5-4-11(3,7-13)10(12)15/h8H,4-7H2,1-3H3,(H2,12,15). The van der Waals surface area contributed by atoms with Crippen LogP contribution in [0.3, 0.4) is 0 Å². The molecule has 1 aliphatic rings. The van der Waals surface area contributed by atoms with Gasteiger partial charge in [-0.3, -0.25) is 14.5 Å². The van der Waals surface area contributed by atoms with Crippen molar-refractivity contribution in [1.29, 1.82) is 0 Å². The summed E-state index contributed by atoms with van der Waals surface area (Å²) in [5.41, 5.74) is 4.82. The highest BCUT2D eigenvalue weighted by Gasteiger charge is 2.39. The number of nitrogens with two attached hydrogens (primary N) is 1. The Morgan fingerprint density at radius 3 is 2.56 bits per heavy atom. The summed E-state index contributed by atoms with van der Waals surface area (Å²) in [6, 6.07) is 0. The summed E-state index contributed by atoms with van der Waals surface area (Å²) in [4.78, 5) is 24.5. The highest BCUT2D eigenvalue weighted by Crippen LogP contribution is 2.29. The molecule has 1 saturated heterocycles. The van der Waals surface area contributed by atoms with E-state index in [0.29, 0.717) is 19.5 Å². The molecule has 1 amide bonds. The van der Waals surface area contributed by atoms with Gasteiger partial charge in [0, 0.05) is 6.54 Å². The zero-order valence-electron chi connectivity index (χ0n) is 10.2. The molecular weight excluding hydrogens is 208 g/mol. The summed E-state index contributed by atoms with van der Waals surface area (Å²) < 4.78 is 5.04. The molecule has 1 unspecified atom stereocenters. The van der Waals surface area contributed by atoms with Crippen molar-refractivity contribution in [3.63, 3.8) is 0 Å². The molecule has 0 aromatic carbocycles. The average molecular weight is 228 g/mol. The maximum absolute atomic E-state index is 11.4. The third kappa shape index (κ3) is 3.20. The van der Waals surface area contributed by atoms with Crippen molar-refractivity contribution in [3.8, 4) is 0 Å². The molecule has 5 nitrogen and oxygen atoms in total. The van der Waals surface area contributed by atoms with E-state index in [1.54, 1.807) is 0 Å². The summed E-state index contributed by atoms with van der Waals surface area (Å²) in [5, 5.41) is 0. The second-order valence-corrected chi connectivity index (χ2v) is 4.92. The quantitative estimate of drug-likeness (QED) is 0.694. The van der Waals surface area contributed by atoms with E-state index in [4.69, 9.17) is 10.5 Å². The van der Waals surface area contributed by atoms with Crippen molar-refractivity contribution < 1.29 is 14.3 Å². The molecule has 92 valence electrons. The monoisotopic (exact) mass is 228 g/mol. The number of amides is 1. The zero-order chi connectivity index (χ0) is 12.3. The number of carbonyl (C=O) groups is 2. The lowest BCUT2D eigenvalue weighted by molar-refractivity contribution is -0.148. The highest BCUT2D eigenvalue weighted by atomic mass is 16.5. The number of carbonyl (C=O) groups excluding carboxylic acids is 2. The summed E-state index contributed by atoms with van der Waals surface area (Å²) in [5.74, 6) is -0.545. The van der Waals surface area contributed by atoms with Gasteiger partial charge in [0.05, 0.1) is 18.1 Å². The molecule has 0 aromatic heterocycles. The van der Waals surface area contributed by atoms with E-state index < -0.39 is 5.41 Å². The Morgan fingerprint density at radius 1 is 1.50 bits per heavy atom. The minimum Gasteiger partial charge on any atom is -0.462 e. The second kappa shape index (κ2) is 4.82. The third-order valence-corrected chi connectivity index (χ3v) is 2.87. The first-order valence-electron chi connectivity index (χ1n) is 5.55. The maximum Gasteiger partial charge on any atom is 0.320 e. The van der Waals surface area contributed by atoms with E-state index in [2.05, 4.69) is 0 Å². The Morgan fingerprint density at radius 2 is 2.12 bits per heavy atom. The third-order valence-electron chi connectivity index (χ3n) is 2.87. The SMILES string of the molecule is CC(C)OC(=O)CN1CCC(C)(C(N)=O)C1. The second-order valence-electron chi connectivity index (χ2n) is 4.92. The summed E-state index contributed by atoms with van der Waals surface area (Å²) in [7, 11) is 0. The fourth-order valence-corrected chi connectivity index (χ4v) is 1.88. The van der Waals surface area contributed by atoms with Gasteiger partial charge in [0.25, 0.3) is 0 Å². The molecule has 5 heteroatoms. The van der Waals surface area contributed by atoms with Gasteiger partial charge in [0.1, 0.15) is 0 Å². The van der Waals surface area contributed by atoms with Gasteiger partial charge in [-0.1, -0.05) is 0 Å². The van der Waals surface area contributed by atoms with Crippen molar-refractivity contribution in [2.45, 2.75) is 33.3 Å². The van der Waals surface area contributed by atoms with Crippen molar-refractivity contribution in [2.24, 2.45) is 11.1 Å². The van der Waals surface area contributed by atoms with Gasteiger partial charge in [-0.25, -0.2) is 0 Å². The van der Waals surface area contributed by atoms with Crippen LogP contribution < -0.4 is 5.73 Å². The van der Waals surface area contributed by atoms with E-state index in [9.17, 15) is 9.59 Å². The van der Waals surface area contributed by atoms with Gasteiger partial charge in [0.15, 0.2) is 0 Å². The molecule has 0 saturated carbocycles. The Bertz CT molecular complexity index is 291. The van der Waals surface area contributed by atoms with Crippen molar-refractivity contribution in [3.05, 3.63) is 0 Å². The van der Waals surface area contributed by atoms with Gasteiger partial charge < -0.3 is 10.5 Å². The predicted molar refractivity (Wildman–Crippen MR) is 59.6 cm³/mol. The molecule has 1 aliphatic heterocycles. The normalized spacial score (nSPS) is 26.0. The lowest BCUT2D eigenvalue weighted by Gasteiger charge is -2.20. The number of esters is 1. The Labute approximate surface area is 95.9 Å². The minimum atomic E-state index is -0.502. The molecule has 2 N–H and O–H groups in total. The maximum atomic E-state index is 11.4. The van der Waals surface area contributed by atoms with E-state index in [1.807, 2.05) is 25.7 Å². The fraction of sp³-hybridized carbons (Fsp3) is 0.818. The van der Waals surface area contributed by atoms with Gasteiger partial charge in [0.2, 0.25) is 5.91 Å². The number of ether oxygens (including phenoxy) is 1. The largest absolute Gasteiger partial charge is 0.462 e. The molecule has 1 heterocycles. The molecule has 1 atom stereocenters. The van der Waals surface area contributed by atoms with Crippen LogP contribution in [0.15, 0.2) is 0 Å². The molecule has 1 fully saturated rings. The van der Waals surface area contributed by atoms with Crippen LogP contribution in [0.4, 0.5) is 0 Å². The number of likely N-dealkylation sites (tertiary alicyclic amines) is 1. The summed E-state index contributed by atoms with van der Waals surface area (Å²) in [6.45, 7) is 6.96. The molecule has 1 rings (SSSR count). The van der Waals surface area contributed by atoms with Gasteiger partial charge in [-0.15, -0.1) is 0 Å². The van der Waals surface area contributed by atoms with Gasteiger partial charge in [-0.05, 0) is 33.7 Å².